The molecule has 0 spiro atoms. The van der Waals surface area contributed by atoms with Gasteiger partial charge in [-0.05, 0) is 55.0 Å². The Morgan fingerprint density at radius 2 is 1.67 bits per heavy atom. The molecule has 0 bridgehead atoms. The fourth-order valence-electron chi connectivity index (χ4n) is 3.52. The molecule has 1 saturated heterocycles. The lowest BCUT2D eigenvalue weighted by Gasteiger charge is -2.32. The molecule has 0 unspecified atom stereocenters. The van der Waals surface area contributed by atoms with Crippen LogP contribution in [0, 0.1) is 5.92 Å². The Balaban J connectivity index is 1.57. The van der Waals surface area contributed by atoms with Crippen molar-refractivity contribution in [2.75, 3.05) is 19.6 Å². The SMILES string of the molecule is CCNS(=O)(=O)c1ccc(C(=O)N2CCC(Cc3ccccc3)CC2)cc1. The van der Waals surface area contributed by atoms with Gasteiger partial charge in [-0.15, -0.1) is 0 Å². The predicted octanol–water partition coefficient (Wildman–Crippen LogP) is 3.08. The Bertz CT molecular complexity index is 856. The summed E-state index contributed by atoms with van der Waals surface area (Å²) in [6.45, 7) is 3.55. The second kappa shape index (κ2) is 8.67. The Morgan fingerprint density at radius 3 is 2.26 bits per heavy atom. The number of carbonyl (C=O) groups excluding carboxylic acids is 1. The van der Waals surface area contributed by atoms with E-state index in [1.54, 1.807) is 19.1 Å². The summed E-state index contributed by atoms with van der Waals surface area (Å²) in [5, 5.41) is 0. The van der Waals surface area contributed by atoms with Crippen molar-refractivity contribution in [2.24, 2.45) is 5.92 Å². The minimum atomic E-state index is -3.49. The monoisotopic (exact) mass is 386 g/mol. The second-order valence-corrected chi connectivity index (χ2v) is 8.72. The normalized spacial score (nSPS) is 15.7. The average Bonchev–Trinajstić information content (AvgIpc) is 2.69. The summed E-state index contributed by atoms with van der Waals surface area (Å²) in [4.78, 5) is 14.8. The Kier molecular flexibility index (Phi) is 6.29. The van der Waals surface area contributed by atoms with Crippen LogP contribution in [-0.4, -0.2) is 38.9 Å². The van der Waals surface area contributed by atoms with E-state index < -0.39 is 10.0 Å². The van der Waals surface area contributed by atoms with Gasteiger partial charge in [0.1, 0.15) is 0 Å². The maximum atomic E-state index is 12.7. The smallest absolute Gasteiger partial charge is 0.253 e. The number of likely N-dealkylation sites (tertiary alicyclic amines) is 1. The van der Waals surface area contributed by atoms with Gasteiger partial charge < -0.3 is 4.90 Å². The first kappa shape index (κ1) is 19.6. The molecule has 27 heavy (non-hydrogen) atoms. The van der Waals surface area contributed by atoms with E-state index in [9.17, 15) is 13.2 Å². The summed E-state index contributed by atoms with van der Waals surface area (Å²) < 4.78 is 26.4. The molecule has 1 aliphatic rings. The van der Waals surface area contributed by atoms with Gasteiger partial charge in [-0.2, -0.15) is 0 Å². The highest BCUT2D eigenvalue weighted by Crippen LogP contribution is 2.23. The van der Waals surface area contributed by atoms with Gasteiger partial charge in [-0.1, -0.05) is 37.3 Å². The lowest BCUT2D eigenvalue weighted by molar-refractivity contribution is 0.0690. The summed E-state index contributed by atoms with van der Waals surface area (Å²) in [6, 6.07) is 16.6. The lowest BCUT2D eigenvalue weighted by atomic mass is 9.90. The minimum absolute atomic E-state index is 0.0273. The van der Waals surface area contributed by atoms with Crippen molar-refractivity contribution in [3.8, 4) is 0 Å². The Labute approximate surface area is 161 Å². The van der Waals surface area contributed by atoms with Crippen molar-refractivity contribution >= 4 is 15.9 Å². The average molecular weight is 387 g/mol. The third-order valence-corrected chi connectivity index (χ3v) is 6.58. The molecular weight excluding hydrogens is 360 g/mol. The van der Waals surface area contributed by atoms with E-state index in [4.69, 9.17) is 0 Å². The van der Waals surface area contributed by atoms with Crippen LogP contribution in [0.1, 0.15) is 35.7 Å². The van der Waals surface area contributed by atoms with Crippen molar-refractivity contribution in [1.29, 1.82) is 0 Å². The molecule has 144 valence electrons. The standard InChI is InChI=1S/C21H26N2O3S/c1-2-22-27(25,26)20-10-8-19(9-11-20)21(24)23-14-12-18(13-15-23)16-17-6-4-3-5-7-17/h3-11,18,22H,2,12-16H2,1H3. The number of nitrogens with zero attached hydrogens (tertiary/aromatic N) is 1. The quantitative estimate of drug-likeness (QED) is 0.830. The number of nitrogens with one attached hydrogen (secondary N) is 1. The van der Waals surface area contributed by atoms with E-state index >= 15 is 0 Å². The van der Waals surface area contributed by atoms with E-state index in [1.807, 2.05) is 11.0 Å². The van der Waals surface area contributed by atoms with Crippen LogP contribution in [0.25, 0.3) is 0 Å². The van der Waals surface area contributed by atoms with Gasteiger partial charge in [-0.25, -0.2) is 13.1 Å². The summed E-state index contributed by atoms with van der Waals surface area (Å²) in [5.41, 5.74) is 1.88. The molecule has 0 atom stereocenters. The maximum Gasteiger partial charge on any atom is 0.253 e. The number of carbonyl (C=O) groups is 1. The van der Waals surface area contributed by atoms with Crippen LogP contribution in [0.2, 0.25) is 0 Å². The number of benzene rings is 2. The van der Waals surface area contributed by atoms with Gasteiger partial charge in [0.2, 0.25) is 10.0 Å². The van der Waals surface area contributed by atoms with Crippen LogP contribution in [0.5, 0.6) is 0 Å². The van der Waals surface area contributed by atoms with Crippen LogP contribution < -0.4 is 4.72 Å². The molecule has 0 aromatic heterocycles. The van der Waals surface area contributed by atoms with E-state index in [0.29, 0.717) is 18.0 Å². The fourth-order valence-corrected chi connectivity index (χ4v) is 4.56. The minimum Gasteiger partial charge on any atom is -0.339 e. The van der Waals surface area contributed by atoms with Crippen molar-refractivity contribution in [3.05, 3.63) is 65.7 Å². The molecule has 5 nitrogen and oxygen atoms in total. The van der Waals surface area contributed by atoms with Crippen LogP contribution in [0.3, 0.4) is 0 Å². The van der Waals surface area contributed by atoms with E-state index in [-0.39, 0.29) is 10.8 Å². The van der Waals surface area contributed by atoms with E-state index in [0.717, 1.165) is 32.4 Å². The zero-order valence-corrected chi connectivity index (χ0v) is 16.4. The molecule has 6 heteroatoms. The van der Waals surface area contributed by atoms with Crippen LogP contribution in [-0.2, 0) is 16.4 Å². The van der Waals surface area contributed by atoms with Gasteiger partial charge in [0.15, 0.2) is 0 Å². The number of hydrogen-bond donors (Lipinski definition) is 1. The second-order valence-electron chi connectivity index (χ2n) is 6.95. The number of piperidine rings is 1. The number of rotatable bonds is 6. The molecule has 1 amide bonds. The first-order chi connectivity index (χ1) is 13.0. The molecule has 2 aromatic rings. The van der Waals surface area contributed by atoms with E-state index in [1.165, 1.54) is 17.7 Å². The van der Waals surface area contributed by atoms with Crippen LogP contribution in [0.4, 0.5) is 0 Å². The first-order valence-corrected chi connectivity index (χ1v) is 10.9. The molecule has 3 rings (SSSR count). The van der Waals surface area contributed by atoms with Crippen molar-refractivity contribution in [2.45, 2.75) is 31.1 Å². The summed E-state index contributed by atoms with van der Waals surface area (Å²) in [7, 11) is -3.49. The summed E-state index contributed by atoms with van der Waals surface area (Å²) in [5.74, 6) is 0.574. The zero-order valence-electron chi connectivity index (χ0n) is 15.6. The van der Waals surface area contributed by atoms with Crippen molar-refractivity contribution in [1.82, 2.24) is 9.62 Å². The number of sulfonamides is 1. The van der Waals surface area contributed by atoms with Crippen LogP contribution >= 0.6 is 0 Å². The first-order valence-electron chi connectivity index (χ1n) is 9.42. The highest BCUT2D eigenvalue weighted by molar-refractivity contribution is 7.89. The maximum absolute atomic E-state index is 12.7. The molecule has 0 saturated carbocycles. The highest BCUT2D eigenvalue weighted by atomic mass is 32.2. The Hall–Kier alpha value is -2.18. The van der Waals surface area contributed by atoms with Crippen molar-refractivity contribution < 1.29 is 13.2 Å². The van der Waals surface area contributed by atoms with Gasteiger partial charge >= 0.3 is 0 Å². The lowest BCUT2D eigenvalue weighted by Crippen LogP contribution is -2.38. The summed E-state index contributed by atoms with van der Waals surface area (Å²) >= 11 is 0. The zero-order chi connectivity index (χ0) is 19.3. The third-order valence-electron chi connectivity index (χ3n) is 5.01. The van der Waals surface area contributed by atoms with Gasteiger partial charge in [0.05, 0.1) is 4.90 Å². The van der Waals surface area contributed by atoms with E-state index in [2.05, 4.69) is 29.0 Å². The molecular formula is C21H26N2O3S. The molecule has 1 heterocycles. The predicted molar refractivity (Wildman–Crippen MR) is 106 cm³/mol. The van der Waals surface area contributed by atoms with Gasteiger partial charge in [-0.3, -0.25) is 4.79 Å². The Morgan fingerprint density at radius 1 is 1.04 bits per heavy atom. The topological polar surface area (TPSA) is 66.5 Å². The third kappa shape index (κ3) is 4.96. The molecule has 2 aromatic carbocycles. The van der Waals surface area contributed by atoms with Crippen molar-refractivity contribution in [3.63, 3.8) is 0 Å². The molecule has 0 radical (unpaired) electrons. The largest absolute Gasteiger partial charge is 0.339 e. The molecule has 1 aliphatic heterocycles. The molecule has 1 fully saturated rings. The highest BCUT2D eigenvalue weighted by Gasteiger charge is 2.24. The number of hydrogen-bond acceptors (Lipinski definition) is 3. The van der Waals surface area contributed by atoms with Gasteiger partial charge in [0.25, 0.3) is 5.91 Å². The molecule has 1 N–H and O–H groups in total. The fraction of sp³-hybridized carbons (Fsp3) is 0.381. The summed E-state index contributed by atoms with van der Waals surface area (Å²) in [6.07, 6.45) is 3.04. The van der Waals surface area contributed by atoms with Gasteiger partial charge in [0, 0.05) is 25.2 Å². The molecule has 0 aliphatic carbocycles. The number of amides is 1. The van der Waals surface area contributed by atoms with Crippen LogP contribution in [0.15, 0.2) is 59.5 Å².